The summed E-state index contributed by atoms with van der Waals surface area (Å²) >= 11 is 6.81. The lowest BCUT2D eigenvalue weighted by Crippen LogP contribution is -2.25. The molecule has 2 aromatic carbocycles. The molecule has 1 fully saturated rings. The Hall–Kier alpha value is -2.05. The molecule has 0 aromatic heterocycles. The summed E-state index contributed by atoms with van der Waals surface area (Å²) in [5.74, 6) is 1.06. The van der Waals surface area contributed by atoms with E-state index in [4.69, 9.17) is 17.0 Å². The Morgan fingerprint density at radius 2 is 1.77 bits per heavy atom. The Morgan fingerprint density at radius 3 is 2.46 bits per heavy atom. The summed E-state index contributed by atoms with van der Waals surface area (Å²) in [6.45, 7) is 2.55. The molecular formula is C20H22N2O2S2. The van der Waals surface area contributed by atoms with Crippen molar-refractivity contribution in [2.45, 2.75) is 19.4 Å². The molecule has 136 valence electrons. The molecular weight excluding hydrogens is 364 g/mol. The summed E-state index contributed by atoms with van der Waals surface area (Å²) in [6.07, 6.45) is 2.37. The summed E-state index contributed by atoms with van der Waals surface area (Å²) in [7, 11) is 0. The van der Waals surface area contributed by atoms with Crippen LogP contribution >= 0.6 is 24.0 Å². The number of hydrogen-bond donors (Lipinski definition) is 1. The normalized spacial score (nSPS) is 13.5. The van der Waals surface area contributed by atoms with Gasteiger partial charge in [0.25, 0.3) is 0 Å². The number of carbonyl (C=O) groups excluding carboxylic acids is 1. The molecule has 1 heterocycles. The van der Waals surface area contributed by atoms with Gasteiger partial charge in [0.2, 0.25) is 5.91 Å². The van der Waals surface area contributed by atoms with Crippen molar-refractivity contribution in [1.82, 2.24) is 4.90 Å². The van der Waals surface area contributed by atoms with E-state index in [-0.39, 0.29) is 5.91 Å². The lowest BCUT2D eigenvalue weighted by atomic mass is 10.2. The van der Waals surface area contributed by atoms with Crippen LogP contribution in [0.2, 0.25) is 0 Å². The number of nitrogens with one attached hydrogen (secondary N) is 1. The number of benzene rings is 2. The van der Waals surface area contributed by atoms with E-state index in [2.05, 4.69) is 10.2 Å². The minimum atomic E-state index is -0.0468. The first-order valence-electron chi connectivity index (χ1n) is 8.69. The molecule has 26 heavy (non-hydrogen) atoms. The van der Waals surface area contributed by atoms with Gasteiger partial charge in [0, 0.05) is 18.8 Å². The molecule has 0 spiro atoms. The molecule has 0 aliphatic carbocycles. The summed E-state index contributed by atoms with van der Waals surface area (Å²) in [5, 5.41) is 2.90. The highest BCUT2D eigenvalue weighted by Gasteiger charge is 2.16. The largest absolute Gasteiger partial charge is 0.489 e. The van der Waals surface area contributed by atoms with Gasteiger partial charge in [-0.2, -0.15) is 0 Å². The van der Waals surface area contributed by atoms with Crippen LogP contribution in [0, 0.1) is 0 Å². The molecule has 0 atom stereocenters. The van der Waals surface area contributed by atoms with Gasteiger partial charge in [-0.15, -0.1) is 0 Å². The van der Waals surface area contributed by atoms with Crippen LogP contribution in [0.5, 0.6) is 5.75 Å². The number of ether oxygens (including phenoxy) is 1. The van der Waals surface area contributed by atoms with Crippen molar-refractivity contribution in [2.24, 2.45) is 0 Å². The van der Waals surface area contributed by atoms with Crippen LogP contribution < -0.4 is 10.1 Å². The first kappa shape index (κ1) is 18.7. The van der Waals surface area contributed by atoms with E-state index in [1.807, 2.05) is 54.6 Å². The summed E-state index contributed by atoms with van der Waals surface area (Å²) < 4.78 is 6.57. The lowest BCUT2D eigenvalue weighted by Gasteiger charge is -2.17. The molecule has 0 bridgehead atoms. The van der Waals surface area contributed by atoms with Gasteiger partial charge >= 0.3 is 0 Å². The Bertz CT molecular complexity index is 729. The average Bonchev–Trinajstić information content (AvgIpc) is 3.21. The molecule has 4 nitrogen and oxygen atoms in total. The predicted molar refractivity (Wildman–Crippen MR) is 112 cm³/mol. The van der Waals surface area contributed by atoms with Crippen LogP contribution in [0.25, 0.3) is 0 Å². The Morgan fingerprint density at radius 1 is 1.08 bits per heavy atom. The van der Waals surface area contributed by atoms with Crippen molar-refractivity contribution in [3.05, 3.63) is 60.2 Å². The van der Waals surface area contributed by atoms with E-state index >= 15 is 0 Å². The fourth-order valence-electron chi connectivity index (χ4n) is 2.69. The zero-order chi connectivity index (χ0) is 18.2. The fraction of sp³-hybridized carbons (Fsp3) is 0.300. The van der Waals surface area contributed by atoms with Crippen LogP contribution in [0.4, 0.5) is 5.69 Å². The van der Waals surface area contributed by atoms with Crippen LogP contribution in [0.15, 0.2) is 54.6 Å². The molecule has 0 saturated carbocycles. The maximum absolute atomic E-state index is 12.1. The topological polar surface area (TPSA) is 41.6 Å². The van der Waals surface area contributed by atoms with Crippen LogP contribution in [-0.4, -0.2) is 34.0 Å². The SMILES string of the molecule is O=C(CSC(=S)N1CCCC1)Nc1ccc(OCc2ccccc2)cc1. The molecule has 1 N–H and O–H groups in total. The quantitative estimate of drug-likeness (QED) is 0.749. The van der Waals surface area contributed by atoms with E-state index < -0.39 is 0 Å². The number of hydrogen-bond acceptors (Lipinski definition) is 4. The van der Waals surface area contributed by atoms with E-state index in [0.29, 0.717) is 12.4 Å². The monoisotopic (exact) mass is 386 g/mol. The zero-order valence-electron chi connectivity index (χ0n) is 14.5. The molecule has 2 aromatic rings. The van der Waals surface area contributed by atoms with Crippen molar-refractivity contribution >= 4 is 39.9 Å². The highest BCUT2D eigenvalue weighted by Crippen LogP contribution is 2.19. The van der Waals surface area contributed by atoms with Crippen LogP contribution in [0.1, 0.15) is 18.4 Å². The molecule has 1 amide bonds. The summed E-state index contributed by atoms with van der Waals surface area (Å²) in [5.41, 5.74) is 1.88. The Balaban J connectivity index is 1.41. The maximum Gasteiger partial charge on any atom is 0.234 e. The first-order chi connectivity index (χ1) is 12.7. The number of thiocarbonyl (C=S) groups is 1. The van der Waals surface area contributed by atoms with E-state index in [1.165, 1.54) is 24.6 Å². The van der Waals surface area contributed by atoms with Crippen molar-refractivity contribution in [1.29, 1.82) is 0 Å². The smallest absolute Gasteiger partial charge is 0.234 e. The van der Waals surface area contributed by atoms with Gasteiger partial charge in [-0.05, 0) is 42.7 Å². The lowest BCUT2D eigenvalue weighted by molar-refractivity contribution is -0.113. The second-order valence-electron chi connectivity index (χ2n) is 6.10. The number of amides is 1. The Labute approximate surface area is 163 Å². The maximum atomic E-state index is 12.1. The van der Waals surface area contributed by atoms with Gasteiger partial charge in [0.1, 0.15) is 16.7 Å². The van der Waals surface area contributed by atoms with Crippen LogP contribution in [-0.2, 0) is 11.4 Å². The number of anilines is 1. The zero-order valence-corrected chi connectivity index (χ0v) is 16.2. The van der Waals surface area contributed by atoms with Gasteiger partial charge in [-0.25, -0.2) is 0 Å². The molecule has 0 unspecified atom stereocenters. The van der Waals surface area contributed by atoms with E-state index in [9.17, 15) is 4.79 Å². The summed E-state index contributed by atoms with van der Waals surface area (Å²) in [6, 6.07) is 17.4. The number of carbonyl (C=O) groups is 1. The number of rotatable bonds is 6. The predicted octanol–water partition coefficient (Wildman–Crippen LogP) is 4.32. The van der Waals surface area contributed by atoms with Gasteiger partial charge < -0.3 is 15.0 Å². The third kappa shape index (κ3) is 5.75. The molecule has 1 aliphatic rings. The van der Waals surface area contributed by atoms with E-state index in [1.54, 1.807) is 0 Å². The van der Waals surface area contributed by atoms with Crippen molar-refractivity contribution in [3.63, 3.8) is 0 Å². The van der Waals surface area contributed by atoms with Crippen molar-refractivity contribution in [2.75, 3.05) is 24.2 Å². The highest BCUT2D eigenvalue weighted by molar-refractivity contribution is 8.23. The van der Waals surface area contributed by atoms with Gasteiger partial charge in [-0.3, -0.25) is 4.79 Å². The molecule has 1 saturated heterocycles. The highest BCUT2D eigenvalue weighted by atomic mass is 32.2. The number of nitrogens with zero attached hydrogens (tertiary/aromatic N) is 1. The first-order valence-corrected chi connectivity index (χ1v) is 10.1. The molecule has 0 radical (unpaired) electrons. The third-order valence-electron chi connectivity index (χ3n) is 4.08. The minimum absolute atomic E-state index is 0.0468. The molecule has 1 aliphatic heterocycles. The van der Waals surface area contributed by atoms with Crippen LogP contribution in [0.3, 0.4) is 0 Å². The Kier molecular flexibility index (Phi) is 6.91. The van der Waals surface area contributed by atoms with Gasteiger partial charge in [-0.1, -0.05) is 54.3 Å². The standard InChI is InChI=1S/C20H22N2O2S2/c23-19(15-26-20(25)22-12-4-5-13-22)21-17-8-10-18(11-9-17)24-14-16-6-2-1-3-7-16/h1-3,6-11H,4-5,12-15H2,(H,21,23). The van der Waals surface area contributed by atoms with Crippen molar-refractivity contribution in [3.8, 4) is 5.75 Å². The second-order valence-corrected chi connectivity index (χ2v) is 7.70. The molecule has 6 heteroatoms. The minimum Gasteiger partial charge on any atom is -0.489 e. The van der Waals surface area contributed by atoms with Crippen molar-refractivity contribution < 1.29 is 9.53 Å². The van der Waals surface area contributed by atoms with Gasteiger partial charge in [0.15, 0.2) is 0 Å². The summed E-state index contributed by atoms with van der Waals surface area (Å²) in [4.78, 5) is 14.3. The molecule has 3 rings (SSSR count). The van der Waals surface area contributed by atoms with Gasteiger partial charge in [0.05, 0.1) is 5.75 Å². The average molecular weight is 387 g/mol. The van der Waals surface area contributed by atoms with E-state index in [0.717, 1.165) is 34.4 Å². The fourth-order valence-corrected chi connectivity index (χ4v) is 3.74. The second kappa shape index (κ2) is 9.59. The number of likely N-dealkylation sites (tertiary alicyclic amines) is 1. The third-order valence-corrected chi connectivity index (χ3v) is 5.60. The number of thioether (sulfide) groups is 1.